The van der Waals surface area contributed by atoms with E-state index in [-0.39, 0.29) is 30.3 Å². The number of fused-ring (bicyclic) bond motifs is 1. The van der Waals surface area contributed by atoms with Crippen LogP contribution in [-0.4, -0.2) is 29.4 Å². The third-order valence-corrected chi connectivity index (χ3v) is 7.81. The highest BCUT2D eigenvalue weighted by Crippen LogP contribution is 2.43. The number of hydrogen-bond acceptors (Lipinski definition) is 3. The summed E-state index contributed by atoms with van der Waals surface area (Å²) in [5.74, 6) is -1.20. The standard InChI is InChI=1S/C24H24F7N3O2S/c1-22(2,3)12-34-11-17(21(24(29,30)31)33-37(35,36)13-6-7-13)16-9-18(25)15(10-19(16)34)14-5-4-8-32-20(14)23(26,27)28/h4-5,8-11,13,21,33H,6-7,12H2,1-3H3/t21-/m0/s1. The summed E-state index contributed by atoms with van der Waals surface area (Å²) in [6.45, 7) is 5.50. The smallest absolute Gasteiger partial charge is 0.347 e. The van der Waals surface area contributed by atoms with E-state index in [1.54, 1.807) is 25.5 Å². The maximum Gasteiger partial charge on any atom is 0.433 e. The van der Waals surface area contributed by atoms with E-state index in [0.29, 0.717) is 0 Å². The molecule has 0 saturated heterocycles. The second-order valence-electron chi connectivity index (χ2n) is 10.4. The molecule has 2 heterocycles. The Hall–Kier alpha value is -2.67. The molecule has 1 aliphatic carbocycles. The molecular formula is C24H24F7N3O2S. The maximum absolute atomic E-state index is 15.3. The Balaban J connectivity index is 1.97. The van der Waals surface area contributed by atoms with Gasteiger partial charge in [0.25, 0.3) is 0 Å². The monoisotopic (exact) mass is 551 g/mol. The third-order valence-electron chi connectivity index (χ3n) is 5.90. The minimum Gasteiger partial charge on any atom is -0.347 e. The summed E-state index contributed by atoms with van der Waals surface area (Å²) in [4.78, 5) is 3.33. The van der Waals surface area contributed by atoms with Crippen LogP contribution in [0.1, 0.15) is 50.9 Å². The van der Waals surface area contributed by atoms with Crippen LogP contribution in [0.3, 0.4) is 0 Å². The molecule has 202 valence electrons. The second kappa shape index (κ2) is 8.97. The van der Waals surface area contributed by atoms with Gasteiger partial charge in [0.05, 0.1) is 5.25 Å². The van der Waals surface area contributed by atoms with Crippen molar-refractivity contribution in [2.75, 3.05) is 0 Å². The van der Waals surface area contributed by atoms with Crippen molar-refractivity contribution in [2.24, 2.45) is 5.41 Å². The quantitative estimate of drug-likeness (QED) is 0.352. The van der Waals surface area contributed by atoms with Crippen LogP contribution in [0, 0.1) is 11.2 Å². The van der Waals surface area contributed by atoms with Gasteiger partial charge in [-0.1, -0.05) is 26.8 Å². The number of benzene rings is 1. The Morgan fingerprint density at radius 1 is 1.08 bits per heavy atom. The van der Waals surface area contributed by atoms with E-state index >= 15 is 4.39 Å². The van der Waals surface area contributed by atoms with Crippen molar-refractivity contribution in [1.29, 1.82) is 0 Å². The summed E-state index contributed by atoms with van der Waals surface area (Å²) >= 11 is 0. The molecule has 37 heavy (non-hydrogen) atoms. The molecule has 3 aromatic rings. The van der Waals surface area contributed by atoms with Crippen molar-refractivity contribution in [1.82, 2.24) is 14.3 Å². The number of sulfonamides is 1. The average Bonchev–Trinajstić information content (AvgIpc) is 3.55. The number of hydrogen-bond donors (Lipinski definition) is 1. The first-order valence-corrected chi connectivity index (χ1v) is 12.9. The lowest BCUT2D eigenvalue weighted by Gasteiger charge is -2.22. The van der Waals surface area contributed by atoms with Gasteiger partial charge in [0.15, 0.2) is 5.69 Å². The van der Waals surface area contributed by atoms with E-state index in [0.717, 1.165) is 30.6 Å². The first-order valence-electron chi connectivity index (χ1n) is 11.3. The lowest BCUT2D eigenvalue weighted by atomic mass is 9.96. The summed E-state index contributed by atoms with van der Waals surface area (Å²) in [6.07, 6.45) is -7.51. The van der Waals surface area contributed by atoms with Crippen LogP contribution in [0.4, 0.5) is 30.7 Å². The van der Waals surface area contributed by atoms with Gasteiger partial charge in [-0.15, -0.1) is 0 Å². The molecular weight excluding hydrogens is 527 g/mol. The zero-order valence-corrected chi connectivity index (χ0v) is 20.8. The van der Waals surface area contributed by atoms with Crippen LogP contribution >= 0.6 is 0 Å². The Morgan fingerprint density at radius 2 is 1.73 bits per heavy atom. The van der Waals surface area contributed by atoms with Gasteiger partial charge >= 0.3 is 12.4 Å². The average molecular weight is 552 g/mol. The van der Waals surface area contributed by atoms with E-state index in [9.17, 15) is 34.8 Å². The Kier molecular flexibility index (Phi) is 6.63. The predicted molar refractivity (Wildman–Crippen MR) is 123 cm³/mol. The number of pyridine rings is 1. The van der Waals surface area contributed by atoms with Gasteiger partial charge < -0.3 is 4.57 Å². The van der Waals surface area contributed by atoms with E-state index in [4.69, 9.17) is 0 Å². The zero-order valence-electron chi connectivity index (χ0n) is 20.0. The molecule has 1 fully saturated rings. The van der Waals surface area contributed by atoms with Gasteiger partial charge in [-0.05, 0) is 36.5 Å². The Morgan fingerprint density at radius 3 is 2.27 bits per heavy atom. The van der Waals surface area contributed by atoms with Crippen molar-refractivity contribution in [3.63, 3.8) is 0 Å². The highest BCUT2D eigenvalue weighted by atomic mass is 32.2. The van der Waals surface area contributed by atoms with Crippen LogP contribution in [-0.2, 0) is 22.7 Å². The van der Waals surface area contributed by atoms with Crippen molar-refractivity contribution >= 4 is 20.9 Å². The van der Waals surface area contributed by atoms with Crippen molar-refractivity contribution in [3.05, 3.63) is 53.7 Å². The van der Waals surface area contributed by atoms with Gasteiger partial charge in [0.1, 0.15) is 11.9 Å². The number of rotatable bonds is 6. The summed E-state index contributed by atoms with van der Waals surface area (Å²) in [5, 5.41) is -1.20. The lowest BCUT2D eigenvalue weighted by Crippen LogP contribution is -2.39. The molecule has 1 saturated carbocycles. The van der Waals surface area contributed by atoms with Gasteiger partial charge in [-0.3, -0.25) is 4.98 Å². The molecule has 0 aliphatic heterocycles. The molecule has 1 aliphatic rings. The predicted octanol–water partition coefficient (Wildman–Crippen LogP) is 6.59. The van der Waals surface area contributed by atoms with E-state index in [2.05, 4.69) is 4.98 Å². The highest BCUT2D eigenvalue weighted by molar-refractivity contribution is 7.90. The van der Waals surface area contributed by atoms with Gasteiger partial charge in [0, 0.05) is 46.5 Å². The first-order chi connectivity index (χ1) is 16.9. The van der Waals surface area contributed by atoms with Crippen molar-refractivity contribution < 1.29 is 39.2 Å². The van der Waals surface area contributed by atoms with Crippen LogP contribution < -0.4 is 4.72 Å². The fraction of sp³-hybridized carbons (Fsp3) is 0.458. The fourth-order valence-corrected chi connectivity index (χ4v) is 5.75. The van der Waals surface area contributed by atoms with Crippen molar-refractivity contribution in [2.45, 2.75) is 63.8 Å². The number of nitrogens with one attached hydrogen (secondary N) is 1. The summed E-state index contributed by atoms with van der Waals surface area (Å²) in [7, 11) is -4.30. The summed E-state index contributed by atoms with van der Waals surface area (Å²) < 4.78 is 126. The number of alkyl halides is 6. The topological polar surface area (TPSA) is 64.0 Å². The zero-order chi connectivity index (χ0) is 27.6. The van der Waals surface area contributed by atoms with E-state index in [1.165, 1.54) is 10.6 Å². The Labute approximate surface area is 208 Å². The summed E-state index contributed by atoms with van der Waals surface area (Å²) in [6, 6.07) is 1.32. The second-order valence-corrected chi connectivity index (χ2v) is 12.3. The molecule has 2 aromatic heterocycles. The molecule has 1 atom stereocenters. The van der Waals surface area contributed by atoms with Crippen LogP contribution in [0.15, 0.2) is 36.7 Å². The highest BCUT2D eigenvalue weighted by Gasteiger charge is 2.48. The third kappa shape index (κ3) is 5.77. The minimum atomic E-state index is -5.06. The SMILES string of the molecule is CC(C)(C)Cn1cc([C@H](NS(=O)(=O)C2CC2)C(F)(F)F)c2cc(F)c(-c3cccnc3C(F)(F)F)cc21. The molecule has 0 amide bonds. The molecule has 0 radical (unpaired) electrons. The van der Waals surface area contributed by atoms with Crippen LogP contribution in [0.5, 0.6) is 0 Å². The number of nitrogens with zero attached hydrogens (tertiary/aromatic N) is 2. The van der Waals surface area contributed by atoms with Crippen molar-refractivity contribution in [3.8, 4) is 11.1 Å². The number of aromatic nitrogens is 2. The number of halogens is 7. The maximum atomic E-state index is 15.3. The van der Waals surface area contributed by atoms with E-state index in [1.807, 2.05) is 0 Å². The molecule has 4 rings (SSSR count). The molecule has 0 bridgehead atoms. The van der Waals surface area contributed by atoms with Crippen LogP contribution in [0.25, 0.3) is 22.0 Å². The van der Waals surface area contributed by atoms with Gasteiger partial charge in [-0.2, -0.15) is 31.1 Å². The largest absolute Gasteiger partial charge is 0.433 e. The van der Waals surface area contributed by atoms with Crippen LogP contribution in [0.2, 0.25) is 0 Å². The van der Waals surface area contributed by atoms with Gasteiger partial charge in [-0.25, -0.2) is 12.8 Å². The lowest BCUT2D eigenvalue weighted by molar-refractivity contribution is -0.152. The molecule has 13 heteroatoms. The molecule has 1 N–H and O–H groups in total. The first kappa shape index (κ1) is 27.4. The Bertz CT molecular complexity index is 1430. The molecule has 0 unspecified atom stereocenters. The summed E-state index contributed by atoms with van der Waals surface area (Å²) in [5.41, 5.74) is -3.41. The van der Waals surface area contributed by atoms with Gasteiger partial charge in [0.2, 0.25) is 10.0 Å². The molecule has 0 spiro atoms. The normalized spacial score (nSPS) is 16.4. The minimum absolute atomic E-state index is 0.0261. The van der Waals surface area contributed by atoms with E-state index < -0.39 is 67.3 Å². The molecule has 5 nitrogen and oxygen atoms in total. The fourth-order valence-electron chi connectivity index (χ4n) is 4.21. The molecule has 1 aromatic carbocycles.